The Bertz CT molecular complexity index is 753. The Kier molecular flexibility index (Phi) is 6.18. The summed E-state index contributed by atoms with van der Waals surface area (Å²) in [6.07, 6.45) is 4.03. The number of sulfonamides is 1. The Morgan fingerprint density at radius 2 is 2.04 bits per heavy atom. The second-order valence-electron chi connectivity index (χ2n) is 5.45. The molecular formula is C16H23N3O3S. The number of benzene rings is 1. The zero-order valence-corrected chi connectivity index (χ0v) is 14.1. The van der Waals surface area contributed by atoms with Gasteiger partial charge in [-0.1, -0.05) is 31.5 Å². The van der Waals surface area contributed by atoms with E-state index in [0.717, 1.165) is 22.9 Å². The van der Waals surface area contributed by atoms with Gasteiger partial charge in [0.25, 0.3) is 0 Å². The molecule has 0 unspecified atom stereocenters. The van der Waals surface area contributed by atoms with Gasteiger partial charge < -0.3 is 10.3 Å². The molecule has 0 spiro atoms. The minimum absolute atomic E-state index is 0.0616. The SMILES string of the molecule is CCCCS(=O)(=O)NCC(=O)NCCc1c[nH]c2ccccc12. The summed E-state index contributed by atoms with van der Waals surface area (Å²) < 4.78 is 25.5. The lowest BCUT2D eigenvalue weighted by molar-refractivity contribution is -0.119. The topological polar surface area (TPSA) is 91.1 Å². The molecule has 0 radical (unpaired) electrons. The standard InChI is InChI=1S/C16H23N3O3S/c1-2-3-10-23(21,22)19-12-16(20)17-9-8-13-11-18-15-7-5-4-6-14(13)15/h4-7,11,18-19H,2-3,8-10,12H2,1H3,(H,17,20). The van der Waals surface area contributed by atoms with Crippen LogP contribution in [-0.4, -0.2) is 38.2 Å². The van der Waals surface area contributed by atoms with Crippen LogP contribution < -0.4 is 10.0 Å². The highest BCUT2D eigenvalue weighted by atomic mass is 32.2. The average Bonchev–Trinajstić information content (AvgIpc) is 2.95. The average molecular weight is 337 g/mol. The number of aromatic nitrogens is 1. The van der Waals surface area contributed by atoms with Crippen molar-refractivity contribution in [2.24, 2.45) is 0 Å². The van der Waals surface area contributed by atoms with Crippen molar-refractivity contribution in [2.75, 3.05) is 18.8 Å². The molecule has 23 heavy (non-hydrogen) atoms. The number of aromatic amines is 1. The second kappa shape index (κ2) is 8.12. The maximum absolute atomic E-state index is 11.7. The lowest BCUT2D eigenvalue weighted by atomic mass is 10.1. The van der Waals surface area contributed by atoms with E-state index in [2.05, 4.69) is 15.0 Å². The number of para-hydroxylation sites is 1. The number of carbonyl (C=O) groups is 1. The highest BCUT2D eigenvalue weighted by Crippen LogP contribution is 2.17. The number of hydrogen-bond acceptors (Lipinski definition) is 3. The van der Waals surface area contributed by atoms with Crippen molar-refractivity contribution in [2.45, 2.75) is 26.2 Å². The van der Waals surface area contributed by atoms with Crippen molar-refractivity contribution in [1.82, 2.24) is 15.0 Å². The first-order chi connectivity index (χ1) is 11.0. The first kappa shape index (κ1) is 17.5. The first-order valence-corrected chi connectivity index (χ1v) is 9.46. The van der Waals surface area contributed by atoms with Crippen molar-refractivity contribution >= 4 is 26.8 Å². The molecule has 0 atom stereocenters. The molecule has 1 aromatic carbocycles. The minimum Gasteiger partial charge on any atom is -0.361 e. The number of unbranched alkanes of at least 4 members (excludes halogenated alkanes) is 1. The lowest BCUT2D eigenvalue weighted by Gasteiger charge is -2.07. The van der Waals surface area contributed by atoms with Gasteiger partial charge in [0.1, 0.15) is 0 Å². The van der Waals surface area contributed by atoms with E-state index in [9.17, 15) is 13.2 Å². The fraction of sp³-hybridized carbons (Fsp3) is 0.438. The van der Waals surface area contributed by atoms with E-state index in [1.54, 1.807) is 0 Å². The van der Waals surface area contributed by atoms with E-state index in [1.165, 1.54) is 0 Å². The van der Waals surface area contributed by atoms with Gasteiger partial charge in [-0.15, -0.1) is 0 Å². The van der Waals surface area contributed by atoms with Gasteiger partial charge >= 0.3 is 0 Å². The predicted molar refractivity (Wildman–Crippen MR) is 91.7 cm³/mol. The molecule has 126 valence electrons. The molecule has 0 aliphatic heterocycles. The van der Waals surface area contributed by atoms with Gasteiger partial charge in [0.2, 0.25) is 15.9 Å². The zero-order valence-electron chi connectivity index (χ0n) is 13.3. The Morgan fingerprint density at radius 1 is 1.26 bits per heavy atom. The summed E-state index contributed by atoms with van der Waals surface area (Å²) in [5.41, 5.74) is 2.20. The van der Waals surface area contributed by atoms with Crippen molar-refractivity contribution < 1.29 is 13.2 Å². The smallest absolute Gasteiger partial charge is 0.235 e. The molecular weight excluding hydrogens is 314 g/mol. The van der Waals surface area contributed by atoms with Crippen LogP contribution in [0.2, 0.25) is 0 Å². The van der Waals surface area contributed by atoms with E-state index in [4.69, 9.17) is 0 Å². The van der Waals surface area contributed by atoms with Crippen LogP contribution in [0.5, 0.6) is 0 Å². The number of rotatable bonds is 9. The van der Waals surface area contributed by atoms with Crippen molar-refractivity contribution in [3.63, 3.8) is 0 Å². The summed E-state index contributed by atoms with van der Waals surface area (Å²) in [5, 5.41) is 3.88. The van der Waals surface area contributed by atoms with E-state index in [1.807, 2.05) is 37.4 Å². The van der Waals surface area contributed by atoms with E-state index in [-0.39, 0.29) is 18.2 Å². The van der Waals surface area contributed by atoms with Gasteiger partial charge in [0, 0.05) is 23.6 Å². The summed E-state index contributed by atoms with van der Waals surface area (Å²) in [5.74, 6) is -0.253. The molecule has 1 heterocycles. The quantitative estimate of drug-likeness (QED) is 0.648. The molecule has 6 nitrogen and oxygen atoms in total. The molecule has 1 amide bonds. The predicted octanol–water partition coefficient (Wildman–Crippen LogP) is 1.55. The zero-order chi connectivity index (χ0) is 16.7. The second-order valence-corrected chi connectivity index (χ2v) is 7.38. The van der Waals surface area contributed by atoms with Gasteiger partial charge in [-0.3, -0.25) is 4.79 Å². The number of nitrogens with one attached hydrogen (secondary N) is 3. The molecule has 0 saturated heterocycles. The van der Waals surface area contributed by atoms with Crippen LogP contribution in [0, 0.1) is 0 Å². The molecule has 0 fully saturated rings. The molecule has 3 N–H and O–H groups in total. The van der Waals surface area contributed by atoms with Gasteiger partial charge in [-0.2, -0.15) is 0 Å². The highest BCUT2D eigenvalue weighted by Gasteiger charge is 2.11. The van der Waals surface area contributed by atoms with Crippen molar-refractivity contribution in [1.29, 1.82) is 0 Å². The highest BCUT2D eigenvalue weighted by molar-refractivity contribution is 7.89. The third-order valence-corrected chi connectivity index (χ3v) is 5.02. The molecule has 0 bridgehead atoms. The van der Waals surface area contributed by atoms with Gasteiger partial charge in [-0.05, 0) is 24.5 Å². The van der Waals surface area contributed by atoms with Crippen LogP contribution >= 0.6 is 0 Å². The maximum Gasteiger partial charge on any atom is 0.235 e. The molecule has 0 aliphatic rings. The van der Waals surface area contributed by atoms with Crippen LogP contribution in [0.1, 0.15) is 25.3 Å². The number of H-pyrrole nitrogens is 1. The number of hydrogen-bond donors (Lipinski definition) is 3. The summed E-state index contributed by atoms with van der Waals surface area (Å²) in [6.45, 7) is 2.18. The summed E-state index contributed by atoms with van der Waals surface area (Å²) in [4.78, 5) is 14.9. The summed E-state index contributed by atoms with van der Waals surface area (Å²) in [6, 6.07) is 7.98. The first-order valence-electron chi connectivity index (χ1n) is 7.81. The molecule has 7 heteroatoms. The third-order valence-electron chi connectivity index (χ3n) is 3.61. The van der Waals surface area contributed by atoms with Crippen LogP contribution in [0.4, 0.5) is 0 Å². The fourth-order valence-electron chi connectivity index (χ4n) is 2.32. The van der Waals surface area contributed by atoms with Gasteiger partial charge in [0.15, 0.2) is 0 Å². The lowest BCUT2D eigenvalue weighted by Crippen LogP contribution is -2.38. The maximum atomic E-state index is 11.7. The minimum atomic E-state index is -3.35. The van der Waals surface area contributed by atoms with Gasteiger partial charge in [0.05, 0.1) is 12.3 Å². The Morgan fingerprint density at radius 3 is 2.83 bits per heavy atom. The van der Waals surface area contributed by atoms with Crippen LogP contribution in [-0.2, 0) is 21.2 Å². The molecule has 0 saturated carbocycles. The summed E-state index contributed by atoms with van der Waals surface area (Å²) >= 11 is 0. The normalized spacial score (nSPS) is 11.7. The van der Waals surface area contributed by atoms with E-state index in [0.29, 0.717) is 19.4 Å². The van der Waals surface area contributed by atoms with Crippen molar-refractivity contribution in [3.8, 4) is 0 Å². The number of carbonyl (C=O) groups excluding carboxylic acids is 1. The van der Waals surface area contributed by atoms with Crippen molar-refractivity contribution in [3.05, 3.63) is 36.0 Å². The molecule has 0 aliphatic carbocycles. The largest absolute Gasteiger partial charge is 0.361 e. The number of amides is 1. The Labute approximate surface area is 136 Å². The fourth-order valence-corrected chi connectivity index (χ4v) is 3.48. The number of fused-ring (bicyclic) bond motifs is 1. The molecule has 1 aromatic heterocycles. The molecule has 2 rings (SSSR count). The third kappa shape index (κ3) is 5.37. The van der Waals surface area contributed by atoms with E-state index >= 15 is 0 Å². The van der Waals surface area contributed by atoms with Crippen LogP contribution in [0.3, 0.4) is 0 Å². The molecule has 2 aromatic rings. The van der Waals surface area contributed by atoms with E-state index < -0.39 is 10.0 Å². The Balaban J connectivity index is 1.75. The van der Waals surface area contributed by atoms with Gasteiger partial charge in [-0.25, -0.2) is 13.1 Å². The summed E-state index contributed by atoms with van der Waals surface area (Å²) in [7, 11) is -3.35. The Hall–Kier alpha value is -1.86. The monoisotopic (exact) mass is 337 g/mol. The van der Waals surface area contributed by atoms with Crippen LogP contribution in [0.25, 0.3) is 10.9 Å². The van der Waals surface area contributed by atoms with Crippen LogP contribution in [0.15, 0.2) is 30.5 Å².